The zero-order chi connectivity index (χ0) is 12.7. The SMILES string of the molecule is CC.Cc1cc(Oc2ccccn2)ccc1Cl. The summed E-state index contributed by atoms with van der Waals surface area (Å²) in [6, 6.07) is 11.1. The van der Waals surface area contributed by atoms with E-state index in [1.807, 2.05) is 57.2 Å². The smallest absolute Gasteiger partial charge is 0.219 e. The van der Waals surface area contributed by atoms with Gasteiger partial charge in [-0.1, -0.05) is 31.5 Å². The molecule has 0 unspecified atom stereocenters. The molecule has 0 N–H and O–H groups in total. The minimum Gasteiger partial charge on any atom is -0.439 e. The maximum Gasteiger partial charge on any atom is 0.219 e. The first-order valence-electron chi connectivity index (χ1n) is 5.61. The van der Waals surface area contributed by atoms with Crippen LogP contribution in [0.1, 0.15) is 19.4 Å². The summed E-state index contributed by atoms with van der Waals surface area (Å²) >= 11 is 5.91. The van der Waals surface area contributed by atoms with Gasteiger partial charge in [0.15, 0.2) is 0 Å². The van der Waals surface area contributed by atoms with Gasteiger partial charge in [0.2, 0.25) is 5.88 Å². The van der Waals surface area contributed by atoms with E-state index in [0.29, 0.717) is 5.88 Å². The fraction of sp³-hybridized carbons (Fsp3) is 0.214. The highest BCUT2D eigenvalue weighted by Crippen LogP contribution is 2.24. The highest BCUT2D eigenvalue weighted by atomic mass is 35.5. The van der Waals surface area contributed by atoms with Gasteiger partial charge in [-0.15, -0.1) is 0 Å². The molecule has 1 aromatic heterocycles. The van der Waals surface area contributed by atoms with E-state index in [4.69, 9.17) is 16.3 Å². The molecule has 3 heteroatoms. The Kier molecular flexibility index (Phi) is 5.50. The van der Waals surface area contributed by atoms with Crippen molar-refractivity contribution in [1.82, 2.24) is 4.98 Å². The zero-order valence-corrected chi connectivity index (χ0v) is 11.0. The first kappa shape index (κ1) is 13.5. The van der Waals surface area contributed by atoms with Crippen molar-refractivity contribution in [3.8, 4) is 11.6 Å². The van der Waals surface area contributed by atoms with Crippen LogP contribution in [0.15, 0.2) is 42.6 Å². The lowest BCUT2D eigenvalue weighted by atomic mass is 10.2. The van der Waals surface area contributed by atoms with E-state index < -0.39 is 0 Å². The molecule has 0 spiro atoms. The molecule has 0 fully saturated rings. The molecule has 0 amide bonds. The van der Waals surface area contributed by atoms with Gasteiger partial charge in [-0.05, 0) is 36.8 Å². The number of benzene rings is 1. The molecular formula is C14H16ClNO. The Hall–Kier alpha value is -1.54. The van der Waals surface area contributed by atoms with Gasteiger partial charge in [-0.25, -0.2) is 4.98 Å². The lowest BCUT2D eigenvalue weighted by molar-refractivity contribution is 0.462. The fourth-order valence-electron chi connectivity index (χ4n) is 1.21. The Morgan fingerprint density at radius 3 is 2.47 bits per heavy atom. The molecule has 17 heavy (non-hydrogen) atoms. The van der Waals surface area contributed by atoms with Crippen molar-refractivity contribution in [1.29, 1.82) is 0 Å². The van der Waals surface area contributed by atoms with Crippen LogP contribution in [0.25, 0.3) is 0 Å². The van der Waals surface area contributed by atoms with Gasteiger partial charge in [-0.3, -0.25) is 0 Å². The number of halogens is 1. The number of hydrogen-bond acceptors (Lipinski definition) is 2. The maximum absolute atomic E-state index is 5.91. The highest BCUT2D eigenvalue weighted by Gasteiger charge is 2.00. The molecule has 2 nitrogen and oxygen atoms in total. The van der Waals surface area contributed by atoms with E-state index >= 15 is 0 Å². The summed E-state index contributed by atoms with van der Waals surface area (Å²) in [5.74, 6) is 1.33. The van der Waals surface area contributed by atoms with Gasteiger partial charge < -0.3 is 4.74 Å². The molecule has 2 aromatic rings. The van der Waals surface area contributed by atoms with Crippen LogP contribution in [-0.2, 0) is 0 Å². The molecule has 0 aliphatic rings. The summed E-state index contributed by atoms with van der Waals surface area (Å²) in [6.07, 6.45) is 1.69. The van der Waals surface area contributed by atoms with Crippen LogP contribution in [0, 0.1) is 6.92 Å². The largest absolute Gasteiger partial charge is 0.439 e. The summed E-state index contributed by atoms with van der Waals surface area (Å²) in [6.45, 7) is 5.94. The molecule has 0 saturated heterocycles. The van der Waals surface area contributed by atoms with Crippen LogP contribution in [0.4, 0.5) is 0 Å². The van der Waals surface area contributed by atoms with Crippen LogP contribution in [0.2, 0.25) is 5.02 Å². The molecule has 2 rings (SSSR count). The van der Waals surface area contributed by atoms with Crippen LogP contribution in [0.5, 0.6) is 11.6 Å². The van der Waals surface area contributed by atoms with Gasteiger partial charge in [-0.2, -0.15) is 0 Å². The highest BCUT2D eigenvalue weighted by molar-refractivity contribution is 6.31. The van der Waals surface area contributed by atoms with Crippen molar-refractivity contribution < 1.29 is 4.74 Å². The molecule has 0 atom stereocenters. The van der Waals surface area contributed by atoms with E-state index in [1.54, 1.807) is 6.20 Å². The summed E-state index contributed by atoms with van der Waals surface area (Å²) in [5.41, 5.74) is 0.991. The van der Waals surface area contributed by atoms with Crippen molar-refractivity contribution in [3.05, 3.63) is 53.2 Å². The van der Waals surface area contributed by atoms with Crippen molar-refractivity contribution in [2.24, 2.45) is 0 Å². The number of nitrogens with zero attached hydrogens (tertiary/aromatic N) is 1. The van der Waals surface area contributed by atoms with E-state index in [0.717, 1.165) is 16.3 Å². The maximum atomic E-state index is 5.91. The number of pyridine rings is 1. The monoisotopic (exact) mass is 249 g/mol. The lowest BCUT2D eigenvalue weighted by Crippen LogP contribution is -1.87. The number of hydrogen-bond donors (Lipinski definition) is 0. The second kappa shape index (κ2) is 6.92. The zero-order valence-electron chi connectivity index (χ0n) is 10.3. The summed E-state index contributed by atoms with van der Waals surface area (Å²) in [5, 5.41) is 0.739. The molecule has 0 saturated carbocycles. The van der Waals surface area contributed by atoms with Gasteiger partial charge in [0, 0.05) is 17.3 Å². The summed E-state index contributed by atoms with van der Waals surface area (Å²) < 4.78 is 5.54. The Balaban J connectivity index is 0.000000686. The third-order valence-corrected chi connectivity index (χ3v) is 2.41. The Morgan fingerprint density at radius 2 is 1.88 bits per heavy atom. The lowest BCUT2D eigenvalue weighted by Gasteiger charge is -2.05. The summed E-state index contributed by atoms with van der Waals surface area (Å²) in [7, 11) is 0. The fourth-order valence-corrected chi connectivity index (χ4v) is 1.33. The first-order chi connectivity index (χ1) is 8.25. The van der Waals surface area contributed by atoms with Crippen molar-refractivity contribution in [2.75, 3.05) is 0 Å². The van der Waals surface area contributed by atoms with Crippen molar-refractivity contribution in [3.63, 3.8) is 0 Å². The molecule has 0 bridgehead atoms. The molecule has 90 valence electrons. The van der Waals surface area contributed by atoms with Crippen molar-refractivity contribution >= 4 is 11.6 Å². The van der Waals surface area contributed by atoms with E-state index in [2.05, 4.69) is 4.98 Å². The van der Waals surface area contributed by atoms with Gasteiger partial charge in [0.25, 0.3) is 0 Å². The second-order valence-electron chi connectivity index (χ2n) is 3.18. The van der Waals surface area contributed by atoms with Crippen LogP contribution in [0.3, 0.4) is 0 Å². The number of ether oxygens (including phenoxy) is 1. The Labute approximate surface area is 107 Å². The van der Waals surface area contributed by atoms with E-state index in [-0.39, 0.29) is 0 Å². The van der Waals surface area contributed by atoms with Gasteiger partial charge in [0.05, 0.1) is 0 Å². The van der Waals surface area contributed by atoms with E-state index in [1.165, 1.54) is 0 Å². The third-order valence-electron chi connectivity index (χ3n) is 1.99. The van der Waals surface area contributed by atoms with E-state index in [9.17, 15) is 0 Å². The Bertz CT molecular complexity index is 457. The molecule has 0 aliphatic heterocycles. The Morgan fingerprint density at radius 1 is 1.12 bits per heavy atom. The predicted molar refractivity (Wildman–Crippen MR) is 71.8 cm³/mol. The van der Waals surface area contributed by atoms with Gasteiger partial charge >= 0.3 is 0 Å². The van der Waals surface area contributed by atoms with Crippen LogP contribution >= 0.6 is 11.6 Å². The molecule has 0 aliphatic carbocycles. The third kappa shape index (κ3) is 4.08. The molecule has 1 aromatic carbocycles. The molecule has 0 radical (unpaired) electrons. The predicted octanol–water partition coefficient (Wildman–Crippen LogP) is 4.86. The van der Waals surface area contributed by atoms with Crippen LogP contribution in [-0.4, -0.2) is 4.98 Å². The first-order valence-corrected chi connectivity index (χ1v) is 5.98. The van der Waals surface area contributed by atoms with Crippen molar-refractivity contribution in [2.45, 2.75) is 20.8 Å². The van der Waals surface area contributed by atoms with Crippen LogP contribution < -0.4 is 4.74 Å². The second-order valence-corrected chi connectivity index (χ2v) is 3.59. The average Bonchev–Trinajstić information content (AvgIpc) is 2.38. The quantitative estimate of drug-likeness (QED) is 0.758. The number of aryl methyl sites for hydroxylation is 1. The number of rotatable bonds is 2. The summed E-state index contributed by atoms with van der Waals surface area (Å²) in [4.78, 5) is 4.07. The normalized spacial score (nSPS) is 9.18. The minimum atomic E-state index is 0.583. The minimum absolute atomic E-state index is 0.583. The molecular weight excluding hydrogens is 234 g/mol. The standard InChI is InChI=1S/C12H10ClNO.C2H6/c1-9-8-10(5-6-11(9)13)15-12-4-2-3-7-14-12;1-2/h2-8H,1H3;1-2H3. The topological polar surface area (TPSA) is 22.1 Å². The molecule has 1 heterocycles. The van der Waals surface area contributed by atoms with Gasteiger partial charge in [0.1, 0.15) is 5.75 Å². The average molecular weight is 250 g/mol. The number of aromatic nitrogens is 1.